The van der Waals surface area contributed by atoms with Crippen molar-refractivity contribution >= 4 is 45.7 Å². The molecule has 0 spiro atoms. The number of amidine groups is 1. The van der Waals surface area contributed by atoms with Crippen molar-refractivity contribution < 1.29 is 14.6 Å². The number of thiazole rings is 1. The first-order valence-corrected chi connectivity index (χ1v) is 9.81. The number of rotatable bonds is 4. The summed E-state index contributed by atoms with van der Waals surface area (Å²) < 4.78 is 4.75. The second-order valence-electron chi connectivity index (χ2n) is 5.81. The molecule has 1 aromatic carbocycles. The summed E-state index contributed by atoms with van der Waals surface area (Å²) in [6, 6.07) is 10.8. The van der Waals surface area contributed by atoms with E-state index in [-0.39, 0.29) is 18.1 Å². The van der Waals surface area contributed by atoms with E-state index in [2.05, 4.69) is 4.98 Å². The molecule has 0 atom stereocenters. The maximum Gasteiger partial charge on any atom is 0.337 e. The van der Waals surface area contributed by atoms with Crippen molar-refractivity contribution in [3.05, 3.63) is 63.5 Å². The molecule has 0 radical (unpaired) electrons. The highest BCUT2D eigenvalue weighted by Crippen LogP contribution is 2.35. The predicted octanol–water partition coefficient (Wildman–Crippen LogP) is 4.42. The smallest absolute Gasteiger partial charge is 0.337 e. The number of nitrogens with zero attached hydrogens (tertiary/aromatic N) is 2. The van der Waals surface area contributed by atoms with Crippen molar-refractivity contribution in [1.82, 2.24) is 4.98 Å². The van der Waals surface area contributed by atoms with Gasteiger partial charge in [0.05, 0.1) is 35.4 Å². The number of hydrogen-bond donors (Lipinski definition) is 2. The molecule has 2 N–H and O–H groups in total. The van der Waals surface area contributed by atoms with Gasteiger partial charge in [0, 0.05) is 11.1 Å². The molecule has 0 fully saturated rings. The summed E-state index contributed by atoms with van der Waals surface area (Å²) in [5, 5.41) is 23.5. The molecule has 2 aromatic heterocycles. The summed E-state index contributed by atoms with van der Waals surface area (Å²) in [5.41, 5.74) is 2.29. The van der Waals surface area contributed by atoms with Gasteiger partial charge in [0.15, 0.2) is 0 Å². The van der Waals surface area contributed by atoms with E-state index >= 15 is 0 Å². The lowest BCUT2D eigenvalue weighted by Gasteiger charge is -2.19. The van der Waals surface area contributed by atoms with E-state index in [9.17, 15) is 9.90 Å². The molecular weight excluding hydrogens is 382 g/mol. The topological polar surface area (TPSA) is 86.5 Å². The molecule has 136 valence electrons. The van der Waals surface area contributed by atoms with Gasteiger partial charge in [-0.3, -0.25) is 5.41 Å². The van der Waals surface area contributed by atoms with E-state index in [4.69, 9.17) is 10.1 Å². The van der Waals surface area contributed by atoms with Crippen LogP contribution in [0.2, 0.25) is 0 Å². The molecule has 0 unspecified atom stereocenters. The number of anilines is 1. The molecule has 4 rings (SSSR count). The normalized spacial score (nSPS) is 14.1. The number of esters is 1. The Morgan fingerprint density at radius 2 is 2.15 bits per heavy atom. The van der Waals surface area contributed by atoms with Gasteiger partial charge in [-0.15, -0.1) is 22.7 Å². The zero-order valence-corrected chi connectivity index (χ0v) is 15.9. The third kappa shape index (κ3) is 3.13. The fourth-order valence-electron chi connectivity index (χ4n) is 2.87. The van der Waals surface area contributed by atoms with Crippen LogP contribution >= 0.6 is 22.7 Å². The molecule has 0 saturated heterocycles. The number of hydrogen-bond acceptors (Lipinski definition) is 7. The van der Waals surface area contributed by atoms with Crippen LogP contribution in [0.3, 0.4) is 0 Å². The van der Waals surface area contributed by atoms with Crippen molar-refractivity contribution in [2.45, 2.75) is 0 Å². The molecule has 0 aliphatic carbocycles. The molecule has 0 saturated carbocycles. The Balaban J connectivity index is 1.63. The van der Waals surface area contributed by atoms with Gasteiger partial charge in [-0.2, -0.15) is 0 Å². The number of benzene rings is 1. The van der Waals surface area contributed by atoms with Gasteiger partial charge in [-0.25, -0.2) is 9.78 Å². The van der Waals surface area contributed by atoms with E-state index in [0.29, 0.717) is 21.8 Å². The molecule has 0 bridgehead atoms. The van der Waals surface area contributed by atoms with Gasteiger partial charge < -0.3 is 14.7 Å². The van der Waals surface area contributed by atoms with Crippen molar-refractivity contribution in [3.8, 4) is 10.6 Å². The van der Waals surface area contributed by atoms with Crippen LogP contribution in [0.1, 0.15) is 15.4 Å². The Labute approximate surface area is 163 Å². The highest BCUT2D eigenvalue weighted by molar-refractivity contribution is 7.14. The quantitative estimate of drug-likeness (QED) is 0.636. The van der Waals surface area contributed by atoms with Crippen LogP contribution in [0.15, 0.2) is 52.9 Å². The summed E-state index contributed by atoms with van der Waals surface area (Å²) in [6.07, 6.45) is 0. The largest absolute Gasteiger partial charge is 0.510 e. The fraction of sp³-hybridized carbons (Fsp3) is 0.105. The average Bonchev–Trinajstić information content (AvgIpc) is 3.41. The zero-order valence-electron chi connectivity index (χ0n) is 14.3. The molecule has 27 heavy (non-hydrogen) atoms. The van der Waals surface area contributed by atoms with Crippen LogP contribution in [0.25, 0.3) is 16.1 Å². The third-order valence-electron chi connectivity index (χ3n) is 4.17. The number of aliphatic hydroxyl groups excluding tert-OH is 1. The molecule has 3 heterocycles. The van der Waals surface area contributed by atoms with Crippen LogP contribution < -0.4 is 4.90 Å². The summed E-state index contributed by atoms with van der Waals surface area (Å²) in [6.45, 7) is 0.159. The van der Waals surface area contributed by atoms with Crippen LogP contribution in [0.5, 0.6) is 0 Å². The molecular formula is C19H15N3O3S2. The second-order valence-corrected chi connectivity index (χ2v) is 7.62. The number of carbonyl (C=O) groups is 1. The molecule has 0 amide bonds. The van der Waals surface area contributed by atoms with Crippen molar-refractivity contribution in [1.29, 1.82) is 5.41 Å². The van der Waals surface area contributed by atoms with Gasteiger partial charge in [0.2, 0.25) is 0 Å². The maximum absolute atomic E-state index is 11.8. The number of thiophene rings is 1. The van der Waals surface area contributed by atoms with Gasteiger partial charge in [0.1, 0.15) is 16.6 Å². The van der Waals surface area contributed by atoms with E-state index < -0.39 is 5.97 Å². The number of aliphatic hydroxyl groups is 1. The number of carbonyl (C=O) groups excluding carboxylic acids is 1. The lowest BCUT2D eigenvalue weighted by molar-refractivity contribution is 0.0601. The van der Waals surface area contributed by atoms with Gasteiger partial charge in [-0.1, -0.05) is 12.1 Å². The first kappa shape index (κ1) is 17.4. The molecule has 3 aromatic rings. The minimum atomic E-state index is -0.444. The van der Waals surface area contributed by atoms with E-state index in [1.165, 1.54) is 18.4 Å². The highest BCUT2D eigenvalue weighted by Gasteiger charge is 2.31. The second kappa shape index (κ2) is 6.98. The molecule has 1 aliphatic heterocycles. The predicted molar refractivity (Wildman–Crippen MR) is 108 cm³/mol. The standard InChI is InChI=1S/C19H15N3O3S2/c1-25-19(24)11-4-2-5-12(8-11)22-9-14(23)16(17(22)20)18-21-13(10-27-18)15-6-3-7-26-15/h2-8,10,20,23H,9H2,1H3. The monoisotopic (exact) mass is 397 g/mol. The Bertz CT molecular complexity index is 1050. The van der Waals surface area contributed by atoms with Crippen LogP contribution in [-0.2, 0) is 4.74 Å². The minimum Gasteiger partial charge on any atom is -0.510 e. The Hall–Kier alpha value is -2.97. The third-order valence-corrected chi connectivity index (χ3v) is 5.93. The van der Waals surface area contributed by atoms with Crippen LogP contribution in [0.4, 0.5) is 5.69 Å². The van der Waals surface area contributed by atoms with Crippen molar-refractivity contribution in [3.63, 3.8) is 0 Å². The van der Waals surface area contributed by atoms with Gasteiger partial charge >= 0.3 is 5.97 Å². The summed E-state index contributed by atoms with van der Waals surface area (Å²) in [5.74, 6) is -0.197. The Morgan fingerprint density at radius 3 is 2.89 bits per heavy atom. The molecule has 1 aliphatic rings. The fourth-order valence-corrected chi connectivity index (χ4v) is 4.52. The number of ether oxygens (including phenoxy) is 1. The van der Waals surface area contributed by atoms with Crippen LogP contribution in [0, 0.1) is 5.41 Å². The van der Waals surface area contributed by atoms with Crippen LogP contribution in [-0.4, -0.2) is 35.5 Å². The number of methoxy groups -OCH3 is 1. The Morgan fingerprint density at radius 1 is 1.30 bits per heavy atom. The first-order valence-electron chi connectivity index (χ1n) is 8.05. The average molecular weight is 397 g/mol. The zero-order chi connectivity index (χ0) is 19.0. The maximum atomic E-state index is 11.8. The van der Waals surface area contributed by atoms with E-state index in [1.54, 1.807) is 40.5 Å². The summed E-state index contributed by atoms with van der Waals surface area (Å²) in [7, 11) is 1.33. The van der Waals surface area contributed by atoms with Crippen molar-refractivity contribution in [2.75, 3.05) is 18.6 Å². The first-order chi connectivity index (χ1) is 13.1. The molecule has 6 nitrogen and oxygen atoms in total. The highest BCUT2D eigenvalue weighted by atomic mass is 32.1. The minimum absolute atomic E-state index is 0.0931. The number of nitrogens with one attached hydrogen (secondary N) is 1. The number of aromatic nitrogens is 1. The SMILES string of the molecule is COC(=O)c1cccc(N2CC(O)=C(c3nc(-c4cccs4)cs3)C2=N)c1. The lowest BCUT2D eigenvalue weighted by atomic mass is 10.2. The van der Waals surface area contributed by atoms with Gasteiger partial charge in [0.25, 0.3) is 0 Å². The van der Waals surface area contributed by atoms with Crippen molar-refractivity contribution in [2.24, 2.45) is 0 Å². The Kier molecular flexibility index (Phi) is 4.51. The van der Waals surface area contributed by atoms with Gasteiger partial charge in [-0.05, 0) is 29.6 Å². The van der Waals surface area contributed by atoms with E-state index in [1.807, 2.05) is 22.9 Å². The summed E-state index contributed by atoms with van der Waals surface area (Å²) in [4.78, 5) is 19.0. The molecule has 8 heteroatoms. The lowest BCUT2D eigenvalue weighted by Crippen LogP contribution is -2.26. The van der Waals surface area contributed by atoms with E-state index in [0.717, 1.165) is 10.6 Å². The summed E-state index contributed by atoms with van der Waals surface area (Å²) >= 11 is 2.99.